The van der Waals surface area contributed by atoms with Crippen molar-refractivity contribution in [3.63, 3.8) is 0 Å². The SMILES string of the molecule is COCC(=O)OC(C)C1CNCCO1. The van der Waals surface area contributed by atoms with Gasteiger partial charge >= 0.3 is 5.97 Å². The van der Waals surface area contributed by atoms with E-state index in [-0.39, 0.29) is 24.8 Å². The number of hydrogen-bond donors (Lipinski definition) is 1. The lowest BCUT2D eigenvalue weighted by molar-refractivity contribution is -0.161. The third-order valence-corrected chi connectivity index (χ3v) is 2.06. The Morgan fingerprint density at radius 1 is 1.71 bits per heavy atom. The summed E-state index contributed by atoms with van der Waals surface area (Å²) in [6.07, 6.45) is -0.282. The Hall–Kier alpha value is -0.650. The molecule has 0 amide bonds. The summed E-state index contributed by atoms with van der Waals surface area (Å²) < 4.78 is 15.2. The molecular formula is C9H17NO4. The van der Waals surface area contributed by atoms with Crippen LogP contribution in [0, 0.1) is 0 Å². The zero-order valence-electron chi connectivity index (χ0n) is 8.62. The van der Waals surface area contributed by atoms with Crippen LogP contribution < -0.4 is 5.32 Å². The number of hydrogen-bond acceptors (Lipinski definition) is 5. The van der Waals surface area contributed by atoms with E-state index < -0.39 is 0 Å². The van der Waals surface area contributed by atoms with Gasteiger partial charge in [-0.25, -0.2) is 4.79 Å². The summed E-state index contributed by atoms with van der Waals surface area (Å²) in [6.45, 7) is 4.06. The maximum absolute atomic E-state index is 11.1. The number of methoxy groups -OCH3 is 1. The van der Waals surface area contributed by atoms with Crippen molar-refractivity contribution in [1.29, 1.82) is 0 Å². The highest BCUT2D eigenvalue weighted by atomic mass is 16.6. The zero-order valence-corrected chi connectivity index (χ0v) is 8.62. The molecule has 2 atom stereocenters. The van der Waals surface area contributed by atoms with E-state index in [9.17, 15) is 4.79 Å². The summed E-state index contributed by atoms with van der Waals surface area (Å²) in [5.74, 6) is -0.353. The molecule has 5 heteroatoms. The molecule has 14 heavy (non-hydrogen) atoms. The van der Waals surface area contributed by atoms with Gasteiger partial charge in [-0.2, -0.15) is 0 Å². The molecule has 0 aliphatic carbocycles. The van der Waals surface area contributed by atoms with Gasteiger partial charge in [-0.15, -0.1) is 0 Å². The number of nitrogens with one attached hydrogen (secondary N) is 1. The molecule has 0 bridgehead atoms. The minimum atomic E-state index is -0.353. The lowest BCUT2D eigenvalue weighted by atomic mass is 10.2. The van der Waals surface area contributed by atoms with Gasteiger partial charge in [0.25, 0.3) is 0 Å². The van der Waals surface area contributed by atoms with Crippen LogP contribution in [-0.2, 0) is 19.0 Å². The van der Waals surface area contributed by atoms with Crippen molar-refractivity contribution >= 4 is 5.97 Å². The Morgan fingerprint density at radius 3 is 3.07 bits per heavy atom. The quantitative estimate of drug-likeness (QED) is 0.627. The Labute approximate surface area is 83.7 Å². The molecule has 1 aliphatic rings. The van der Waals surface area contributed by atoms with Crippen LogP contribution in [0.25, 0.3) is 0 Å². The van der Waals surface area contributed by atoms with Crippen LogP contribution in [0.4, 0.5) is 0 Å². The summed E-state index contributed by atoms with van der Waals surface area (Å²) in [7, 11) is 1.46. The molecule has 0 aromatic heterocycles. The zero-order chi connectivity index (χ0) is 10.4. The summed E-state index contributed by atoms with van der Waals surface area (Å²) in [5, 5.41) is 3.17. The van der Waals surface area contributed by atoms with Gasteiger partial charge in [-0.05, 0) is 6.92 Å². The molecule has 1 fully saturated rings. The van der Waals surface area contributed by atoms with Crippen LogP contribution in [0.1, 0.15) is 6.92 Å². The van der Waals surface area contributed by atoms with Crippen LogP contribution in [0.3, 0.4) is 0 Å². The van der Waals surface area contributed by atoms with Gasteiger partial charge < -0.3 is 19.5 Å². The maximum atomic E-state index is 11.1. The first-order valence-corrected chi connectivity index (χ1v) is 4.74. The fourth-order valence-corrected chi connectivity index (χ4v) is 1.32. The lowest BCUT2D eigenvalue weighted by Crippen LogP contribution is -2.45. The molecule has 1 aliphatic heterocycles. The second-order valence-corrected chi connectivity index (χ2v) is 3.24. The van der Waals surface area contributed by atoms with Crippen LogP contribution in [-0.4, -0.2) is 51.6 Å². The second-order valence-electron chi connectivity index (χ2n) is 3.24. The van der Waals surface area contributed by atoms with E-state index in [1.165, 1.54) is 7.11 Å². The van der Waals surface area contributed by atoms with E-state index in [0.717, 1.165) is 13.1 Å². The number of morpholine rings is 1. The van der Waals surface area contributed by atoms with Crippen LogP contribution >= 0.6 is 0 Å². The summed E-state index contributed by atoms with van der Waals surface area (Å²) >= 11 is 0. The van der Waals surface area contributed by atoms with Crippen molar-refractivity contribution in [2.45, 2.75) is 19.1 Å². The van der Waals surface area contributed by atoms with Crippen molar-refractivity contribution in [1.82, 2.24) is 5.32 Å². The Balaban J connectivity index is 2.25. The highest BCUT2D eigenvalue weighted by Crippen LogP contribution is 2.06. The Morgan fingerprint density at radius 2 is 2.50 bits per heavy atom. The molecule has 1 N–H and O–H groups in total. The summed E-state index contributed by atoms with van der Waals surface area (Å²) in [4.78, 5) is 11.1. The average Bonchev–Trinajstić information content (AvgIpc) is 2.19. The van der Waals surface area contributed by atoms with Crippen molar-refractivity contribution < 1.29 is 19.0 Å². The number of ether oxygens (including phenoxy) is 3. The molecule has 1 rings (SSSR count). The Bertz CT molecular complexity index is 180. The van der Waals surface area contributed by atoms with Gasteiger partial charge in [0.1, 0.15) is 18.8 Å². The Kier molecular flexibility index (Phi) is 4.86. The molecule has 1 saturated heterocycles. The van der Waals surface area contributed by atoms with Crippen molar-refractivity contribution in [3.05, 3.63) is 0 Å². The topological polar surface area (TPSA) is 56.8 Å². The van der Waals surface area contributed by atoms with E-state index in [1.807, 2.05) is 6.92 Å². The molecule has 0 radical (unpaired) electrons. The maximum Gasteiger partial charge on any atom is 0.332 e. The van der Waals surface area contributed by atoms with Gasteiger partial charge in [0.2, 0.25) is 0 Å². The van der Waals surface area contributed by atoms with E-state index in [4.69, 9.17) is 9.47 Å². The highest BCUT2D eigenvalue weighted by molar-refractivity contribution is 5.70. The first kappa shape index (κ1) is 11.4. The smallest absolute Gasteiger partial charge is 0.332 e. The molecule has 82 valence electrons. The molecule has 0 saturated carbocycles. The number of rotatable bonds is 4. The fourth-order valence-electron chi connectivity index (χ4n) is 1.32. The first-order chi connectivity index (χ1) is 6.74. The normalized spacial score (nSPS) is 24.3. The van der Waals surface area contributed by atoms with E-state index >= 15 is 0 Å². The largest absolute Gasteiger partial charge is 0.458 e. The molecule has 1 heterocycles. The molecule has 0 aromatic rings. The van der Waals surface area contributed by atoms with Crippen molar-refractivity contribution in [2.24, 2.45) is 0 Å². The number of esters is 1. The van der Waals surface area contributed by atoms with Gasteiger partial charge in [-0.1, -0.05) is 0 Å². The molecule has 2 unspecified atom stereocenters. The predicted octanol–water partition coefficient (Wildman–Crippen LogP) is -0.447. The van der Waals surface area contributed by atoms with E-state index in [2.05, 4.69) is 10.1 Å². The monoisotopic (exact) mass is 203 g/mol. The minimum Gasteiger partial charge on any atom is -0.458 e. The third kappa shape index (κ3) is 3.61. The fraction of sp³-hybridized carbons (Fsp3) is 0.889. The van der Waals surface area contributed by atoms with Gasteiger partial charge in [0, 0.05) is 20.2 Å². The summed E-state index contributed by atoms with van der Waals surface area (Å²) in [6, 6.07) is 0. The average molecular weight is 203 g/mol. The second kappa shape index (κ2) is 5.95. The third-order valence-electron chi connectivity index (χ3n) is 2.06. The van der Waals surface area contributed by atoms with Crippen LogP contribution in [0.15, 0.2) is 0 Å². The molecule has 0 spiro atoms. The standard InChI is InChI=1S/C9H17NO4/c1-7(14-9(11)6-12-2)8-5-10-3-4-13-8/h7-8,10H,3-6H2,1-2H3. The molecule has 0 aromatic carbocycles. The number of carbonyl (C=O) groups is 1. The molecule has 5 nitrogen and oxygen atoms in total. The van der Waals surface area contributed by atoms with E-state index in [0.29, 0.717) is 6.61 Å². The summed E-state index contributed by atoms with van der Waals surface area (Å²) in [5.41, 5.74) is 0. The van der Waals surface area contributed by atoms with Gasteiger partial charge in [0.15, 0.2) is 0 Å². The lowest BCUT2D eigenvalue weighted by Gasteiger charge is -2.28. The van der Waals surface area contributed by atoms with Crippen molar-refractivity contribution in [2.75, 3.05) is 33.4 Å². The predicted molar refractivity (Wildman–Crippen MR) is 50.0 cm³/mol. The van der Waals surface area contributed by atoms with Crippen LogP contribution in [0.5, 0.6) is 0 Å². The number of carbonyl (C=O) groups excluding carboxylic acids is 1. The first-order valence-electron chi connectivity index (χ1n) is 4.74. The molecular weight excluding hydrogens is 186 g/mol. The van der Waals surface area contributed by atoms with Gasteiger partial charge in [0.05, 0.1) is 6.61 Å². The minimum absolute atomic E-state index is 0.00944. The van der Waals surface area contributed by atoms with Gasteiger partial charge in [-0.3, -0.25) is 0 Å². The van der Waals surface area contributed by atoms with E-state index in [1.54, 1.807) is 0 Å². The van der Waals surface area contributed by atoms with Crippen LogP contribution in [0.2, 0.25) is 0 Å². The highest BCUT2D eigenvalue weighted by Gasteiger charge is 2.23. The van der Waals surface area contributed by atoms with Crippen molar-refractivity contribution in [3.8, 4) is 0 Å².